The lowest BCUT2D eigenvalue weighted by molar-refractivity contribution is -0.113. The maximum Gasteiger partial charge on any atom is 0.319 e. The molecule has 7 heteroatoms. The molecule has 0 aromatic heterocycles. The van der Waals surface area contributed by atoms with E-state index in [-0.39, 0.29) is 0 Å². The van der Waals surface area contributed by atoms with Crippen molar-refractivity contribution in [2.75, 3.05) is 6.61 Å². The maximum absolute atomic E-state index is 11.2. The summed E-state index contributed by atoms with van der Waals surface area (Å²) in [5, 5.41) is 13.7. The van der Waals surface area contributed by atoms with Gasteiger partial charge in [0.25, 0.3) is 5.91 Å². The summed E-state index contributed by atoms with van der Waals surface area (Å²) in [6.07, 6.45) is 6.58. The number of imide groups is 1. The Bertz CT molecular complexity index is 360. The summed E-state index contributed by atoms with van der Waals surface area (Å²) in [5.41, 5.74) is 4.22. The van der Waals surface area contributed by atoms with Gasteiger partial charge in [-0.2, -0.15) is 5.26 Å². The van der Waals surface area contributed by atoms with Crippen molar-refractivity contribution in [2.45, 2.75) is 45.4 Å². The quantitative estimate of drug-likeness (QED) is 0.373. The summed E-state index contributed by atoms with van der Waals surface area (Å²) in [6, 6.07) is 0.493. The highest BCUT2D eigenvalue weighted by Crippen LogP contribution is 2.04. The van der Waals surface area contributed by atoms with Crippen LogP contribution >= 0.6 is 0 Å². The fourth-order valence-electron chi connectivity index (χ4n) is 1.34. The summed E-state index contributed by atoms with van der Waals surface area (Å²) >= 11 is 0. The third-order valence-corrected chi connectivity index (χ3v) is 2.30. The van der Waals surface area contributed by atoms with Crippen molar-refractivity contribution in [3.8, 4) is 6.07 Å². The molecule has 19 heavy (non-hydrogen) atoms. The highest BCUT2D eigenvalue weighted by Gasteiger charge is 2.13. The zero-order chi connectivity index (χ0) is 14.5. The van der Waals surface area contributed by atoms with Crippen molar-refractivity contribution in [3.05, 3.63) is 0 Å². The predicted octanol–water partition coefficient (Wildman–Crippen LogP) is 1.44. The average Bonchev–Trinajstić information content (AvgIpc) is 2.36. The van der Waals surface area contributed by atoms with Gasteiger partial charge in [0.2, 0.25) is 5.71 Å². The van der Waals surface area contributed by atoms with E-state index in [0.29, 0.717) is 6.61 Å². The van der Waals surface area contributed by atoms with Crippen molar-refractivity contribution in [1.82, 2.24) is 5.32 Å². The van der Waals surface area contributed by atoms with Crippen molar-refractivity contribution in [1.29, 1.82) is 5.26 Å². The molecule has 0 aliphatic rings. The van der Waals surface area contributed by atoms with Gasteiger partial charge in [-0.15, -0.1) is 0 Å². The summed E-state index contributed by atoms with van der Waals surface area (Å²) in [4.78, 5) is 26.4. The second kappa shape index (κ2) is 11.0. The Kier molecular flexibility index (Phi) is 9.80. The standard InChI is InChI=1S/C12H20N4O3/c1-2-3-4-5-6-7-8-19-16-10(9-13)11(17)15-12(14)18/h2-8H2,1H3,(H3,14,15,17,18). The van der Waals surface area contributed by atoms with Gasteiger partial charge in [0.1, 0.15) is 12.7 Å². The molecule has 0 unspecified atom stereocenters. The molecule has 3 amide bonds. The second-order valence-electron chi connectivity index (χ2n) is 3.97. The molecule has 0 saturated carbocycles. The number of carbonyl (C=O) groups is 2. The van der Waals surface area contributed by atoms with Gasteiger partial charge in [-0.1, -0.05) is 37.8 Å². The molecule has 0 saturated heterocycles. The smallest absolute Gasteiger partial charge is 0.319 e. The van der Waals surface area contributed by atoms with E-state index < -0.39 is 17.6 Å². The van der Waals surface area contributed by atoms with E-state index in [2.05, 4.69) is 12.1 Å². The number of unbranched alkanes of at least 4 members (excludes halogenated alkanes) is 5. The lowest BCUT2D eigenvalue weighted by atomic mass is 10.1. The average molecular weight is 268 g/mol. The molecule has 0 spiro atoms. The van der Waals surface area contributed by atoms with Gasteiger partial charge < -0.3 is 10.6 Å². The van der Waals surface area contributed by atoms with Gasteiger partial charge in [-0.25, -0.2) is 4.79 Å². The number of primary amides is 1. The number of nitriles is 1. The van der Waals surface area contributed by atoms with E-state index in [1.165, 1.54) is 25.3 Å². The molecule has 0 aliphatic heterocycles. The molecule has 0 atom stereocenters. The summed E-state index contributed by atoms with van der Waals surface area (Å²) < 4.78 is 0. The molecular weight excluding hydrogens is 248 g/mol. The Morgan fingerprint density at radius 2 is 1.89 bits per heavy atom. The third kappa shape index (κ3) is 9.59. The van der Waals surface area contributed by atoms with E-state index in [0.717, 1.165) is 19.3 Å². The molecular formula is C12H20N4O3. The first-order valence-corrected chi connectivity index (χ1v) is 6.32. The minimum atomic E-state index is -1.04. The number of hydrogen-bond donors (Lipinski definition) is 2. The third-order valence-electron chi connectivity index (χ3n) is 2.30. The fourth-order valence-corrected chi connectivity index (χ4v) is 1.34. The Labute approximate surface area is 112 Å². The first-order valence-electron chi connectivity index (χ1n) is 6.32. The van der Waals surface area contributed by atoms with Crippen molar-refractivity contribution >= 4 is 17.6 Å². The monoisotopic (exact) mass is 268 g/mol. The topological polar surface area (TPSA) is 118 Å². The Balaban J connectivity index is 3.80. The van der Waals surface area contributed by atoms with Crippen molar-refractivity contribution in [2.24, 2.45) is 10.9 Å². The second-order valence-corrected chi connectivity index (χ2v) is 3.97. The van der Waals surface area contributed by atoms with Gasteiger partial charge >= 0.3 is 6.03 Å². The van der Waals surface area contributed by atoms with Gasteiger partial charge in [0.05, 0.1) is 0 Å². The van der Waals surface area contributed by atoms with Gasteiger partial charge in [0, 0.05) is 0 Å². The first-order chi connectivity index (χ1) is 9.11. The zero-order valence-electron chi connectivity index (χ0n) is 11.1. The highest BCUT2D eigenvalue weighted by molar-refractivity contribution is 6.46. The van der Waals surface area contributed by atoms with Gasteiger partial charge in [-0.3, -0.25) is 10.1 Å². The van der Waals surface area contributed by atoms with Gasteiger partial charge in [0.15, 0.2) is 0 Å². The van der Waals surface area contributed by atoms with E-state index in [1.807, 2.05) is 0 Å². The van der Waals surface area contributed by atoms with Crippen LogP contribution in [-0.2, 0) is 9.63 Å². The minimum absolute atomic E-state index is 0.334. The molecule has 3 N–H and O–H groups in total. The van der Waals surface area contributed by atoms with Crippen LogP contribution in [0.15, 0.2) is 5.16 Å². The number of nitrogens with zero attached hydrogens (tertiary/aromatic N) is 2. The SMILES string of the molecule is CCCCCCCCON=C(C#N)C(=O)NC(N)=O. The van der Waals surface area contributed by atoms with E-state index >= 15 is 0 Å². The summed E-state index contributed by atoms with van der Waals surface area (Å²) in [7, 11) is 0. The molecule has 0 heterocycles. The number of nitrogens with two attached hydrogens (primary N) is 1. The van der Waals surface area contributed by atoms with Crippen LogP contribution in [0.2, 0.25) is 0 Å². The molecule has 7 nitrogen and oxygen atoms in total. The van der Waals surface area contributed by atoms with E-state index in [1.54, 1.807) is 5.32 Å². The molecule has 0 radical (unpaired) electrons. The number of hydrogen-bond acceptors (Lipinski definition) is 5. The molecule has 106 valence electrons. The lowest BCUT2D eigenvalue weighted by Crippen LogP contribution is -2.39. The molecule has 0 aromatic carbocycles. The van der Waals surface area contributed by atoms with Crippen LogP contribution < -0.4 is 11.1 Å². The van der Waals surface area contributed by atoms with Crippen molar-refractivity contribution in [3.63, 3.8) is 0 Å². The van der Waals surface area contributed by atoms with E-state index in [4.69, 9.17) is 15.8 Å². The van der Waals surface area contributed by atoms with E-state index in [9.17, 15) is 9.59 Å². The molecule has 0 fully saturated rings. The maximum atomic E-state index is 11.2. The zero-order valence-corrected chi connectivity index (χ0v) is 11.1. The predicted molar refractivity (Wildman–Crippen MR) is 70.1 cm³/mol. The van der Waals surface area contributed by atoms with Crippen LogP contribution in [0.1, 0.15) is 45.4 Å². The van der Waals surface area contributed by atoms with Crippen LogP contribution in [0, 0.1) is 11.3 Å². The van der Waals surface area contributed by atoms with Crippen molar-refractivity contribution < 1.29 is 14.4 Å². The molecule has 0 bridgehead atoms. The Morgan fingerprint density at radius 3 is 2.47 bits per heavy atom. The number of oxime groups is 1. The fraction of sp³-hybridized carbons (Fsp3) is 0.667. The summed E-state index contributed by atoms with van der Waals surface area (Å²) in [5.74, 6) is -0.960. The normalized spacial score (nSPS) is 10.6. The first kappa shape index (κ1) is 16.9. The number of amides is 3. The van der Waals surface area contributed by atoms with Gasteiger partial charge in [-0.05, 0) is 12.8 Å². The number of rotatable bonds is 9. The number of nitrogens with one attached hydrogen (secondary N) is 1. The largest absolute Gasteiger partial charge is 0.395 e. The summed E-state index contributed by atoms with van der Waals surface area (Å²) in [6.45, 7) is 2.49. The van der Waals surface area contributed by atoms with Crippen LogP contribution in [0.5, 0.6) is 0 Å². The van der Waals surface area contributed by atoms with Crippen LogP contribution in [0.25, 0.3) is 0 Å². The number of urea groups is 1. The number of carbonyl (C=O) groups excluding carboxylic acids is 2. The van der Waals surface area contributed by atoms with Crippen LogP contribution in [0.4, 0.5) is 4.79 Å². The van der Waals surface area contributed by atoms with Crippen LogP contribution in [0.3, 0.4) is 0 Å². The van der Waals surface area contributed by atoms with Crippen LogP contribution in [-0.4, -0.2) is 24.3 Å². The molecule has 0 aliphatic carbocycles. The molecule has 0 aromatic rings. The highest BCUT2D eigenvalue weighted by atomic mass is 16.6. The molecule has 0 rings (SSSR count). The minimum Gasteiger partial charge on any atom is -0.395 e. The lowest BCUT2D eigenvalue weighted by Gasteiger charge is -2.01. The Hall–Kier alpha value is -2.10. The Morgan fingerprint density at radius 1 is 1.26 bits per heavy atom.